The van der Waals surface area contributed by atoms with Crippen molar-refractivity contribution in [1.29, 1.82) is 0 Å². The van der Waals surface area contributed by atoms with Crippen LogP contribution in [0.5, 0.6) is 5.95 Å². The van der Waals surface area contributed by atoms with Crippen molar-refractivity contribution in [2.75, 3.05) is 20.3 Å². The third-order valence-electron chi connectivity index (χ3n) is 7.05. The summed E-state index contributed by atoms with van der Waals surface area (Å²) in [5, 5.41) is 1.22. The number of rotatable bonds is 5. The third-order valence-corrected chi connectivity index (χ3v) is 13.5. The fourth-order valence-electron chi connectivity index (χ4n) is 4.38. The van der Waals surface area contributed by atoms with Crippen molar-refractivity contribution in [3.63, 3.8) is 0 Å². The molecule has 1 saturated heterocycles. The van der Waals surface area contributed by atoms with Gasteiger partial charge in [0.05, 0.1) is 26.8 Å². The van der Waals surface area contributed by atoms with Gasteiger partial charge in [0.25, 0.3) is 5.95 Å². The van der Waals surface area contributed by atoms with E-state index in [2.05, 4.69) is 58.4 Å². The number of furan rings is 1. The van der Waals surface area contributed by atoms with Crippen LogP contribution in [0.4, 0.5) is 0 Å². The van der Waals surface area contributed by atoms with Crippen LogP contribution in [0.25, 0.3) is 0 Å². The number of nitrogens with zero attached hydrogens (tertiary/aromatic N) is 1. The Morgan fingerprint density at radius 1 is 1.17 bits per heavy atom. The van der Waals surface area contributed by atoms with E-state index in [1.807, 2.05) is 0 Å². The number of hydrogen-bond acceptors (Lipinski definition) is 5. The summed E-state index contributed by atoms with van der Waals surface area (Å²) in [5.41, 5.74) is 0.827. The highest BCUT2D eigenvalue weighted by molar-refractivity contribution is 6.90. The quantitative estimate of drug-likeness (QED) is 0.610. The van der Waals surface area contributed by atoms with Crippen LogP contribution in [-0.4, -0.2) is 53.4 Å². The molecule has 0 radical (unpaired) electrons. The smallest absolute Gasteiger partial charge is 0.284 e. The Bertz CT molecular complexity index is 773. The maximum atomic E-state index is 13.5. The number of carbonyl (C=O) groups is 1. The van der Waals surface area contributed by atoms with Crippen molar-refractivity contribution in [3.8, 4) is 5.95 Å². The first-order chi connectivity index (χ1) is 13.3. The maximum absolute atomic E-state index is 13.5. The molecule has 0 saturated carbocycles. The molecule has 0 spiro atoms. The van der Waals surface area contributed by atoms with Crippen LogP contribution in [0.1, 0.15) is 62.2 Å². The summed E-state index contributed by atoms with van der Waals surface area (Å²) in [6.07, 6.45) is 2.65. The van der Waals surface area contributed by atoms with E-state index in [9.17, 15) is 4.79 Å². The normalized spacial score (nSPS) is 23.7. The summed E-state index contributed by atoms with van der Waals surface area (Å²) in [4.78, 5) is 16.0. The lowest BCUT2D eigenvalue weighted by atomic mass is 10.0. The molecule has 0 bridgehead atoms. The summed E-state index contributed by atoms with van der Waals surface area (Å²) in [5.74, 6) is 1.60. The van der Waals surface area contributed by atoms with Crippen LogP contribution in [-0.2, 0) is 4.43 Å². The molecular formula is C22H39NO4Si2. The van der Waals surface area contributed by atoms with E-state index in [0.29, 0.717) is 19.0 Å². The predicted molar refractivity (Wildman–Crippen MR) is 123 cm³/mol. The van der Waals surface area contributed by atoms with Gasteiger partial charge in [0.1, 0.15) is 5.76 Å². The van der Waals surface area contributed by atoms with Crippen LogP contribution in [0.2, 0.25) is 37.8 Å². The molecule has 3 heterocycles. The van der Waals surface area contributed by atoms with Crippen LogP contribution in [0.3, 0.4) is 0 Å². The summed E-state index contributed by atoms with van der Waals surface area (Å²) in [6.45, 7) is 19.7. The molecule has 2 atom stereocenters. The lowest BCUT2D eigenvalue weighted by Crippen LogP contribution is -2.46. The highest BCUT2D eigenvalue weighted by Crippen LogP contribution is 2.43. The first-order valence-electron chi connectivity index (χ1n) is 10.9. The van der Waals surface area contributed by atoms with Crippen molar-refractivity contribution in [3.05, 3.63) is 11.3 Å². The van der Waals surface area contributed by atoms with E-state index in [1.165, 1.54) is 0 Å². The molecule has 2 aliphatic heterocycles. The molecule has 1 fully saturated rings. The average molecular weight is 438 g/mol. The molecule has 0 N–H and O–H groups in total. The average Bonchev–Trinajstić information content (AvgIpc) is 3.18. The fraction of sp³-hybridized carbons (Fsp3) is 0.773. The highest BCUT2D eigenvalue weighted by atomic mass is 28.4. The van der Waals surface area contributed by atoms with Crippen molar-refractivity contribution in [2.24, 2.45) is 0 Å². The minimum Gasteiger partial charge on any atom is -0.469 e. The number of methoxy groups -OCH3 is 1. The number of ketones is 1. The maximum Gasteiger partial charge on any atom is 0.284 e. The van der Waals surface area contributed by atoms with Crippen LogP contribution < -0.4 is 9.92 Å². The Hall–Kier alpha value is -0.896. The van der Waals surface area contributed by atoms with Gasteiger partial charge in [0, 0.05) is 24.3 Å². The molecule has 0 amide bonds. The highest BCUT2D eigenvalue weighted by Gasteiger charge is 2.46. The standard InChI is InChI=1S/C22H39NO4Si2/c1-22(2,3)29(8,9)26-14-15-13-17(24)18-19(16-11-10-12-23(15)16)27-21(25-4)20(18)28(5,6)7/h15-16H,10-14H2,1-9H3/t15-,16?/m0/s1. The summed E-state index contributed by atoms with van der Waals surface area (Å²) >= 11 is 0. The minimum absolute atomic E-state index is 0.118. The molecule has 1 aromatic rings. The van der Waals surface area contributed by atoms with E-state index in [1.54, 1.807) is 7.11 Å². The monoisotopic (exact) mass is 437 g/mol. The predicted octanol–water partition coefficient (Wildman–Crippen LogP) is 4.95. The number of fused-ring (bicyclic) bond motifs is 3. The SMILES string of the molecule is COc1oc2c(c1[Si](C)(C)C)C(=O)C[C@@H](CO[Si](C)(C)C(C)(C)C)N1CCCC21. The van der Waals surface area contributed by atoms with Gasteiger partial charge in [-0.15, -0.1) is 0 Å². The van der Waals surface area contributed by atoms with Crippen molar-refractivity contribution >= 4 is 27.4 Å². The molecule has 3 rings (SSSR count). The Morgan fingerprint density at radius 3 is 2.38 bits per heavy atom. The molecule has 2 aliphatic rings. The molecular weight excluding hydrogens is 398 g/mol. The lowest BCUT2D eigenvalue weighted by molar-refractivity contribution is 0.0827. The number of carbonyl (C=O) groups excluding carboxylic acids is 1. The van der Waals surface area contributed by atoms with Gasteiger partial charge < -0.3 is 13.6 Å². The molecule has 0 aliphatic carbocycles. The van der Waals surface area contributed by atoms with Crippen LogP contribution in [0, 0.1) is 0 Å². The van der Waals surface area contributed by atoms with Gasteiger partial charge in [0.15, 0.2) is 14.1 Å². The fourth-order valence-corrected chi connectivity index (χ4v) is 7.20. The number of hydrogen-bond donors (Lipinski definition) is 0. The van der Waals surface area contributed by atoms with Gasteiger partial charge >= 0.3 is 0 Å². The van der Waals surface area contributed by atoms with Gasteiger partial charge in [-0.25, -0.2) is 0 Å². The zero-order valence-electron chi connectivity index (χ0n) is 19.8. The summed E-state index contributed by atoms with van der Waals surface area (Å²) in [6, 6.07) is 0.274. The zero-order valence-corrected chi connectivity index (χ0v) is 21.8. The van der Waals surface area contributed by atoms with E-state index < -0.39 is 16.4 Å². The Labute approximate surface area is 178 Å². The van der Waals surface area contributed by atoms with E-state index in [4.69, 9.17) is 13.6 Å². The van der Waals surface area contributed by atoms with Gasteiger partial charge in [-0.1, -0.05) is 40.4 Å². The van der Waals surface area contributed by atoms with E-state index in [-0.39, 0.29) is 22.9 Å². The largest absolute Gasteiger partial charge is 0.469 e. The van der Waals surface area contributed by atoms with Crippen molar-refractivity contribution in [1.82, 2.24) is 4.90 Å². The van der Waals surface area contributed by atoms with Gasteiger partial charge in [-0.05, 0) is 37.5 Å². The zero-order chi connectivity index (χ0) is 21.8. The van der Waals surface area contributed by atoms with Gasteiger partial charge in [-0.3, -0.25) is 9.69 Å². The topological polar surface area (TPSA) is 51.9 Å². The minimum atomic E-state index is -1.87. The van der Waals surface area contributed by atoms with Gasteiger partial charge in [0.2, 0.25) is 0 Å². The third kappa shape index (κ3) is 4.16. The first kappa shape index (κ1) is 22.8. The molecule has 0 aromatic carbocycles. The Kier molecular flexibility index (Phi) is 6.02. The lowest BCUT2D eigenvalue weighted by Gasteiger charge is -2.39. The molecule has 5 nitrogen and oxygen atoms in total. The summed E-state index contributed by atoms with van der Waals surface area (Å²) in [7, 11) is -2.03. The molecule has 29 heavy (non-hydrogen) atoms. The van der Waals surface area contributed by atoms with Crippen molar-refractivity contribution < 1.29 is 18.4 Å². The second-order valence-corrected chi connectivity index (χ2v) is 21.0. The van der Waals surface area contributed by atoms with E-state index >= 15 is 0 Å². The second-order valence-electron chi connectivity index (χ2n) is 11.2. The second kappa shape index (κ2) is 7.66. The molecule has 7 heteroatoms. The number of ether oxygens (including phenoxy) is 1. The Morgan fingerprint density at radius 2 is 1.83 bits per heavy atom. The number of Topliss-reactive ketones (excluding diaryl/α,β-unsaturated/α-hetero) is 1. The van der Waals surface area contributed by atoms with Crippen LogP contribution >= 0.6 is 0 Å². The van der Waals surface area contributed by atoms with Crippen LogP contribution in [0.15, 0.2) is 4.42 Å². The first-order valence-corrected chi connectivity index (χ1v) is 17.3. The Balaban J connectivity index is 1.96. The summed E-state index contributed by atoms with van der Waals surface area (Å²) < 4.78 is 18.4. The van der Waals surface area contributed by atoms with Crippen molar-refractivity contribution in [2.45, 2.75) is 89.9 Å². The molecule has 164 valence electrons. The van der Waals surface area contributed by atoms with E-state index in [0.717, 1.165) is 35.9 Å². The molecule has 1 unspecified atom stereocenters. The van der Waals surface area contributed by atoms with Gasteiger partial charge in [-0.2, -0.15) is 0 Å². The molecule has 1 aromatic heterocycles.